The van der Waals surface area contributed by atoms with Gasteiger partial charge in [-0.2, -0.15) is 9.67 Å². The SMILES string of the molecule is C[C@H](NC(=O)c1cc(Br)cc(Br)c1)c1nc(N(C)C)nn1-c1ncccn1. The first-order valence-corrected chi connectivity index (χ1v) is 9.62. The number of hydrogen-bond donors (Lipinski definition) is 1. The van der Waals surface area contributed by atoms with Gasteiger partial charge in [-0.3, -0.25) is 4.79 Å². The second-order valence-corrected chi connectivity index (χ2v) is 7.81. The van der Waals surface area contributed by atoms with Crippen molar-refractivity contribution in [1.82, 2.24) is 30.0 Å². The van der Waals surface area contributed by atoms with Gasteiger partial charge in [0.1, 0.15) is 0 Å². The lowest BCUT2D eigenvalue weighted by Gasteiger charge is -2.14. The van der Waals surface area contributed by atoms with Crippen LogP contribution in [0.25, 0.3) is 5.95 Å². The maximum absolute atomic E-state index is 12.7. The van der Waals surface area contributed by atoms with Gasteiger partial charge in [0, 0.05) is 41.0 Å². The first-order chi connectivity index (χ1) is 12.8. The minimum absolute atomic E-state index is 0.223. The van der Waals surface area contributed by atoms with Crippen molar-refractivity contribution >= 4 is 43.7 Å². The number of rotatable bonds is 5. The summed E-state index contributed by atoms with van der Waals surface area (Å²) in [6.07, 6.45) is 3.26. The summed E-state index contributed by atoms with van der Waals surface area (Å²) in [4.78, 5) is 27.4. The fourth-order valence-electron chi connectivity index (χ4n) is 2.36. The van der Waals surface area contributed by atoms with Crippen LogP contribution < -0.4 is 10.2 Å². The molecule has 0 aliphatic rings. The van der Waals surface area contributed by atoms with Gasteiger partial charge >= 0.3 is 0 Å². The van der Waals surface area contributed by atoms with E-state index in [1.807, 2.05) is 27.1 Å². The lowest BCUT2D eigenvalue weighted by Crippen LogP contribution is -2.29. The van der Waals surface area contributed by atoms with Crippen molar-refractivity contribution in [3.8, 4) is 5.95 Å². The highest BCUT2D eigenvalue weighted by molar-refractivity contribution is 9.11. The van der Waals surface area contributed by atoms with Gasteiger partial charge < -0.3 is 10.2 Å². The standard InChI is InChI=1S/C17H17Br2N7O/c1-10(22-15(27)11-7-12(18)9-13(19)8-11)14-23-17(25(2)3)24-26(14)16-20-5-4-6-21-16/h4-10H,1-3H3,(H,22,27)/t10-/m0/s1. The molecule has 0 spiro atoms. The molecule has 0 unspecified atom stereocenters. The number of benzene rings is 1. The van der Waals surface area contributed by atoms with Crippen molar-refractivity contribution in [3.63, 3.8) is 0 Å². The predicted octanol–water partition coefficient (Wildman–Crippen LogP) is 3.14. The molecule has 0 radical (unpaired) electrons. The summed E-state index contributed by atoms with van der Waals surface area (Å²) in [7, 11) is 3.69. The zero-order chi connectivity index (χ0) is 19.6. The molecule has 3 rings (SSSR count). The Kier molecular flexibility index (Phi) is 5.85. The van der Waals surface area contributed by atoms with Crippen LogP contribution in [0.1, 0.15) is 29.1 Å². The monoisotopic (exact) mass is 493 g/mol. The largest absolute Gasteiger partial charge is 0.346 e. The Morgan fingerprint density at radius 1 is 1.15 bits per heavy atom. The van der Waals surface area contributed by atoms with Crippen molar-refractivity contribution in [2.24, 2.45) is 0 Å². The highest BCUT2D eigenvalue weighted by Crippen LogP contribution is 2.22. The van der Waals surface area contributed by atoms with Crippen LogP contribution in [0.4, 0.5) is 5.95 Å². The molecular formula is C17H17Br2N7O. The van der Waals surface area contributed by atoms with E-state index in [2.05, 4.69) is 57.2 Å². The minimum atomic E-state index is -0.416. The van der Waals surface area contributed by atoms with Crippen molar-refractivity contribution in [1.29, 1.82) is 0 Å². The van der Waals surface area contributed by atoms with Crippen LogP contribution in [-0.4, -0.2) is 44.7 Å². The third kappa shape index (κ3) is 4.51. The molecule has 0 aliphatic carbocycles. The van der Waals surface area contributed by atoms with Crippen LogP contribution >= 0.6 is 31.9 Å². The molecule has 10 heteroatoms. The number of carbonyl (C=O) groups excluding carboxylic acids is 1. The second kappa shape index (κ2) is 8.13. The van der Waals surface area contributed by atoms with E-state index < -0.39 is 6.04 Å². The molecule has 0 aliphatic heterocycles. The number of hydrogen-bond acceptors (Lipinski definition) is 6. The fourth-order valence-corrected chi connectivity index (χ4v) is 3.65. The van der Waals surface area contributed by atoms with Crippen LogP contribution in [0.2, 0.25) is 0 Å². The lowest BCUT2D eigenvalue weighted by molar-refractivity contribution is 0.0937. The number of amides is 1. The maximum atomic E-state index is 12.7. The van der Waals surface area contributed by atoms with E-state index in [0.717, 1.165) is 8.95 Å². The highest BCUT2D eigenvalue weighted by atomic mass is 79.9. The maximum Gasteiger partial charge on any atom is 0.252 e. The summed E-state index contributed by atoms with van der Waals surface area (Å²) in [5, 5.41) is 7.40. The Morgan fingerprint density at radius 3 is 2.37 bits per heavy atom. The summed E-state index contributed by atoms with van der Waals surface area (Å²) >= 11 is 6.79. The van der Waals surface area contributed by atoms with E-state index in [-0.39, 0.29) is 5.91 Å². The molecule has 0 saturated carbocycles. The third-order valence-corrected chi connectivity index (χ3v) is 4.54. The van der Waals surface area contributed by atoms with E-state index in [4.69, 9.17) is 0 Å². The summed E-state index contributed by atoms with van der Waals surface area (Å²) in [5.74, 6) is 1.20. The molecule has 0 fully saturated rings. The molecule has 1 aromatic carbocycles. The van der Waals surface area contributed by atoms with E-state index in [1.54, 1.807) is 35.5 Å². The van der Waals surface area contributed by atoms with Crippen LogP contribution in [-0.2, 0) is 0 Å². The van der Waals surface area contributed by atoms with Gasteiger partial charge in [0.2, 0.25) is 5.95 Å². The average Bonchev–Trinajstić information content (AvgIpc) is 3.07. The van der Waals surface area contributed by atoms with E-state index >= 15 is 0 Å². The Morgan fingerprint density at radius 2 is 1.78 bits per heavy atom. The van der Waals surface area contributed by atoms with Crippen LogP contribution in [0.5, 0.6) is 0 Å². The Hall–Kier alpha value is -2.33. The quantitative estimate of drug-likeness (QED) is 0.586. The topological polar surface area (TPSA) is 88.8 Å². The first-order valence-electron chi connectivity index (χ1n) is 8.04. The average molecular weight is 495 g/mol. The molecule has 3 aromatic rings. The van der Waals surface area contributed by atoms with E-state index in [9.17, 15) is 4.79 Å². The molecule has 1 atom stereocenters. The lowest BCUT2D eigenvalue weighted by atomic mass is 10.2. The van der Waals surface area contributed by atoms with Crippen molar-refractivity contribution in [2.75, 3.05) is 19.0 Å². The van der Waals surface area contributed by atoms with Crippen molar-refractivity contribution in [3.05, 3.63) is 57.0 Å². The van der Waals surface area contributed by atoms with Crippen molar-refractivity contribution in [2.45, 2.75) is 13.0 Å². The van der Waals surface area contributed by atoms with Crippen LogP contribution in [0.3, 0.4) is 0 Å². The summed E-state index contributed by atoms with van der Waals surface area (Å²) in [6, 6.07) is 6.68. The Bertz CT molecular complexity index is 939. The number of carbonyl (C=O) groups is 1. The molecule has 1 amide bonds. The molecule has 27 heavy (non-hydrogen) atoms. The molecule has 140 valence electrons. The third-order valence-electron chi connectivity index (χ3n) is 3.62. The number of halogens is 2. The molecule has 0 saturated heterocycles. The van der Waals surface area contributed by atoms with Gasteiger partial charge in [-0.1, -0.05) is 31.9 Å². The van der Waals surface area contributed by atoms with E-state index in [1.165, 1.54) is 4.68 Å². The molecule has 1 N–H and O–H groups in total. The molecular weight excluding hydrogens is 478 g/mol. The normalized spacial score (nSPS) is 11.9. The van der Waals surface area contributed by atoms with Gasteiger partial charge in [-0.05, 0) is 31.2 Å². The van der Waals surface area contributed by atoms with Crippen molar-refractivity contribution < 1.29 is 4.79 Å². The second-order valence-electron chi connectivity index (χ2n) is 5.98. The summed E-state index contributed by atoms with van der Waals surface area (Å²) in [6.45, 7) is 1.84. The molecule has 2 aromatic heterocycles. The van der Waals surface area contributed by atoms with Gasteiger partial charge in [0.15, 0.2) is 5.82 Å². The zero-order valence-electron chi connectivity index (χ0n) is 14.9. The van der Waals surface area contributed by atoms with Crippen LogP contribution in [0.15, 0.2) is 45.6 Å². The molecule has 8 nitrogen and oxygen atoms in total. The Balaban J connectivity index is 1.91. The predicted molar refractivity (Wildman–Crippen MR) is 109 cm³/mol. The van der Waals surface area contributed by atoms with Gasteiger partial charge in [0.05, 0.1) is 6.04 Å². The minimum Gasteiger partial charge on any atom is -0.346 e. The zero-order valence-corrected chi connectivity index (χ0v) is 18.1. The highest BCUT2D eigenvalue weighted by Gasteiger charge is 2.22. The summed E-state index contributed by atoms with van der Waals surface area (Å²) < 4.78 is 3.16. The van der Waals surface area contributed by atoms with E-state index in [0.29, 0.717) is 23.3 Å². The Labute approximate surface area is 173 Å². The number of nitrogens with one attached hydrogen (secondary N) is 1. The smallest absolute Gasteiger partial charge is 0.252 e. The summed E-state index contributed by atoms with van der Waals surface area (Å²) in [5.41, 5.74) is 0.526. The van der Waals surface area contributed by atoms with Gasteiger partial charge in [-0.15, -0.1) is 5.10 Å². The molecule has 0 bridgehead atoms. The first kappa shape index (κ1) is 19.4. The van der Waals surface area contributed by atoms with Crippen LogP contribution in [0, 0.1) is 0 Å². The number of nitrogens with zero attached hydrogens (tertiary/aromatic N) is 6. The van der Waals surface area contributed by atoms with Gasteiger partial charge in [0.25, 0.3) is 11.9 Å². The molecule has 2 heterocycles. The number of anilines is 1. The number of aromatic nitrogens is 5. The fraction of sp³-hybridized carbons (Fsp3) is 0.235. The van der Waals surface area contributed by atoms with Gasteiger partial charge in [-0.25, -0.2) is 9.97 Å².